The lowest BCUT2D eigenvalue weighted by Gasteiger charge is -2.13. The van der Waals surface area contributed by atoms with Crippen molar-refractivity contribution >= 4 is 57.9 Å². The molecule has 1 aromatic heterocycles. The van der Waals surface area contributed by atoms with Crippen molar-refractivity contribution in [3.8, 4) is 16.9 Å². The van der Waals surface area contributed by atoms with E-state index in [-0.39, 0.29) is 18.9 Å². The number of thiocarbonyl (C=S) groups is 1. The van der Waals surface area contributed by atoms with Crippen molar-refractivity contribution in [2.24, 2.45) is 0 Å². The molecule has 9 heteroatoms. The molecule has 0 unspecified atom stereocenters. The number of halogens is 1. The zero-order chi connectivity index (χ0) is 22.7. The highest BCUT2D eigenvalue weighted by Gasteiger charge is 2.32. The first-order valence-corrected chi connectivity index (χ1v) is 11.4. The number of carboxylic acids is 1. The maximum absolute atomic E-state index is 13.0. The van der Waals surface area contributed by atoms with Gasteiger partial charge in [-0.1, -0.05) is 84.1 Å². The van der Waals surface area contributed by atoms with Crippen molar-refractivity contribution in [3.63, 3.8) is 0 Å². The number of hydrogen-bond acceptors (Lipinski definition) is 5. The number of carbonyl (C=O) groups is 2. The van der Waals surface area contributed by atoms with Crippen LogP contribution >= 0.6 is 35.6 Å². The number of nitrogens with zero attached hydrogens (tertiary/aromatic N) is 3. The zero-order valence-electron chi connectivity index (χ0n) is 16.8. The van der Waals surface area contributed by atoms with E-state index >= 15 is 0 Å². The summed E-state index contributed by atoms with van der Waals surface area (Å²) in [4.78, 5) is 25.6. The molecule has 2 aromatic carbocycles. The summed E-state index contributed by atoms with van der Waals surface area (Å²) in [7, 11) is 0. The van der Waals surface area contributed by atoms with Crippen LogP contribution in [0, 0.1) is 0 Å². The van der Waals surface area contributed by atoms with E-state index in [2.05, 4.69) is 0 Å². The van der Waals surface area contributed by atoms with Crippen molar-refractivity contribution in [2.45, 2.75) is 12.8 Å². The summed E-state index contributed by atoms with van der Waals surface area (Å²) < 4.78 is 2.04. The highest BCUT2D eigenvalue weighted by molar-refractivity contribution is 8.26. The first kappa shape index (κ1) is 22.3. The van der Waals surface area contributed by atoms with Gasteiger partial charge in [-0.05, 0) is 24.6 Å². The van der Waals surface area contributed by atoms with Crippen LogP contribution in [0.25, 0.3) is 23.0 Å². The van der Waals surface area contributed by atoms with Crippen LogP contribution in [0.3, 0.4) is 0 Å². The van der Waals surface area contributed by atoms with Gasteiger partial charge in [-0.15, -0.1) is 0 Å². The Bertz CT molecular complexity index is 1210. The lowest BCUT2D eigenvalue weighted by molar-refractivity contribution is -0.137. The minimum atomic E-state index is -0.904. The standard InChI is InChI=1S/C23H18ClN3O3S2/c24-21-17(14-18-22(30)26(23(31)32-18)13-7-12-19(28)29)20(15-8-3-1-4-9-15)25-27(21)16-10-5-2-6-11-16/h1-6,8-11,14H,7,12-13H2,(H,28,29). The van der Waals surface area contributed by atoms with E-state index in [9.17, 15) is 9.59 Å². The molecular formula is C23H18ClN3O3S2. The molecule has 2 heterocycles. The van der Waals surface area contributed by atoms with E-state index < -0.39 is 5.97 Å². The molecule has 6 nitrogen and oxygen atoms in total. The Labute approximate surface area is 199 Å². The third-order valence-electron chi connectivity index (χ3n) is 4.83. The van der Waals surface area contributed by atoms with Crippen LogP contribution in [-0.2, 0) is 9.59 Å². The first-order valence-electron chi connectivity index (χ1n) is 9.82. The average molecular weight is 484 g/mol. The van der Waals surface area contributed by atoms with Crippen molar-refractivity contribution in [2.75, 3.05) is 6.54 Å². The summed E-state index contributed by atoms with van der Waals surface area (Å²) in [6.45, 7) is 0.261. The van der Waals surface area contributed by atoms with Crippen LogP contribution in [0.2, 0.25) is 5.15 Å². The number of amides is 1. The van der Waals surface area contributed by atoms with Gasteiger partial charge in [0.1, 0.15) is 15.2 Å². The predicted octanol–water partition coefficient (Wildman–Crippen LogP) is 5.26. The number of rotatable bonds is 7. The van der Waals surface area contributed by atoms with Crippen LogP contribution in [0.4, 0.5) is 0 Å². The van der Waals surface area contributed by atoms with E-state index in [1.54, 1.807) is 10.8 Å². The second kappa shape index (κ2) is 9.68. The summed E-state index contributed by atoms with van der Waals surface area (Å²) in [5.74, 6) is -1.16. The average Bonchev–Trinajstić information content (AvgIpc) is 3.26. The van der Waals surface area contributed by atoms with E-state index in [0.29, 0.717) is 32.1 Å². The van der Waals surface area contributed by atoms with Gasteiger partial charge in [-0.25, -0.2) is 4.68 Å². The second-order valence-electron chi connectivity index (χ2n) is 7.00. The number of aliphatic carboxylic acids is 1. The van der Waals surface area contributed by atoms with E-state index in [1.165, 1.54) is 16.7 Å². The Balaban J connectivity index is 1.74. The van der Waals surface area contributed by atoms with Crippen LogP contribution in [0.1, 0.15) is 18.4 Å². The summed E-state index contributed by atoms with van der Waals surface area (Å²) in [6.07, 6.45) is 2.02. The number of carbonyl (C=O) groups excluding carboxylic acids is 1. The van der Waals surface area contributed by atoms with Crippen LogP contribution < -0.4 is 0 Å². The Morgan fingerprint density at radius 3 is 2.44 bits per heavy atom. The number of thioether (sulfide) groups is 1. The normalized spacial score (nSPS) is 15.0. The molecule has 0 atom stereocenters. The van der Waals surface area contributed by atoms with Gasteiger partial charge < -0.3 is 5.11 Å². The van der Waals surface area contributed by atoms with Gasteiger partial charge >= 0.3 is 5.97 Å². The molecule has 0 radical (unpaired) electrons. The molecule has 1 aliphatic heterocycles. The van der Waals surface area contributed by atoms with Crippen LogP contribution in [-0.4, -0.2) is 42.5 Å². The highest BCUT2D eigenvalue weighted by Crippen LogP contribution is 2.38. The van der Waals surface area contributed by atoms with E-state index in [1.807, 2.05) is 60.7 Å². The van der Waals surface area contributed by atoms with Crippen LogP contribution in [0.15, 0.2) is 65.6 Å². The molecule has 1 N–H and O–H groups in total. The fourth-order valence-electron chi connectivity index (χ4n) is 3.30. The Morgan fingerprint density at radius 1 is 1.12 bits per heavy atom. The maximum atomic E-state index is 13.0. The van der Waals surface area contributed by atoms with Gasteiger partial charge in [0.2, 0.25) is 0 Å². The molecule has 1 aliphatic rings. The topological polar surface area (TPSA) is 75.4 Å². The Morgan fingerprint density at radius 2 is 1.78 bits per heavy atom. The monoisotopic (exact) mass is 483 g/mol. The molecule has 4 rings (SSSR count). The number of para-hydroxylation sites is 1. The van der Waals surface area contributed by atoms with Gasteiger partial charge in [0, 0.05) is 24.1 Å². The highest BCUT2D eigenvalue weighted by atomic mass is 35.5. The molecule has 1 saturated heterocycles. The fraction of sp³-hybridized carbons (Fsp3) is 0.130. The van der Waals surface area contributed by atoms with Crippen molar-refractivity contribution < 1.29 is 14.7 Å². The summed E-state index contributed by atoms with van der Waals surface area (Å²) >= 11 is 13.3. The first-order chi connectivity index (χ1) is 15.5. The third-order valence-corrected chi connectivity index (χ3v) is 6.57. The molecule has 1 amide bonds. The van der Waals surface area contributed by atoms with Gasteiger partial charge in [0.25, 0.3) is 5.91 Å². The van der Waals surface area contributed by atoms with Gasteiger partial charge in [0.05, 0.1) is 10.6 Å². The number of carboxylic acid groups (broad SMARTS) is 1. The van der Waals surface area contributed by atoms with Crippen LogP contribution in [0.5, 0.6) is 0 Å². The van der Waals surface area contributed by atoms with Gasteiger partial charge in [-0.3, -0.25) is 14.5 Å². The molecule has 0 spiro atoms. The number of benzene rings is 2. The molecule has 1 fully saturated rings. The number of hydrogen-bond donors (Lipinski definition) is 1. The molecule has 0 saturated carbocycles. The quantitative estimate of drug-likeness (QED) is 0.365. The molecule has 32 heavy (non-hydrogen) atoms. The Hall–Kier alpha value is -2.94. The fourth-order valence-corrected chi connectivity index (χ4v) is 4.87. The van der Waals surface area contributed by atoms with E-state index in [4.69, 9.17) is 34.0 Å². The molecular weight excluding hydrogens is 466 g/mol. The molecule has 0 bridgehead atoms. The molecule has 0 aliphatic carbocycles. The molecule has 3 aromatic rings. The van der Waals surface area contributed by atoms with Crippen molar-refractivity contribution in [1.82, 2.24) is 14.7 Å². The summed E-state index contributed by atoms with van der Waals surface area (Å²) in [6, 6.07) is 19.1. The minimum absolute atomic E-state index is 0.0239. The number of aromatic nitrogens is 2. The largest absolute Gasteiger partial charge is 0.481 e. The summed E-state index contributed by atoms with van der Waals surface area (Å²) in [5, 5.41) is 14.0. The minimum Gasteiger partial charge on any atom is -0.481 e. The third kappa shape index (κ3) is 4.62. The lowest BCUT2D eigenvalue weighted by Crippen LogP contribution is -2.29. The smallest absolute Gasteiger partial charge is 0.303 e. The lowest BCUT2D eigenvalue weighted by atomic mass is 10.1. The van der Waals surface area contributed by atoms with E-state index in [0.717, 1.165) is 11.3 Å². The zero-order valence-corrected chi connectivity index (χ0v) is 19.2. The van der Waals surface area contributed by atoms with Crippen molar-refractivity contribution in [1.29, 1.82) is 0 Å². The molecule has 162 valence electrons. The van der Waals surface area contributed by atoms with Crippen molar-refractivity contribution in [3.05, 3.63) is 76.3 Å². The van der Waals surface area contributed by atoms with Gasteiger partial charge in [-0.2, -0.15) is 5.10 Å². The SMILES string of the molecule is O=C(O)CCCN1C(=O)C(=Cc2c(-c3ccccc3)nn(-c3ccccc3)c2Cl)SC1=S. The van der Waals surface area contributed by atoms with Gasteiger partial charge in [0.15, 0.2) is 0 Å². The summed E-state index contributed by atoms with van der Waals surface area (Å²) in [5.41, 5.74) is 2.94. The second-order valence-corrected chi connectivity index (χ2v) is 9.03. The predicted molar refractivity (Wildman–Crippen MR) is 131 cm³/mol. The maximum Gasteiger partial charge on any atom is 0.303 e. The Kier molecular flexibility index (Phi) is 6.74.